The fraction of sp³-hybridized carbons (Fsp3) is 0.800. The maximum absolute atomic E-state index is 12.6. The van der Waals surface area contributed by atoms with Gasteiger partial charge >= 0.3 is 6.03 Å². The molecule has 8 heteroatoms. The summed E-state index contributed by atoms with van der Waals surface area (Å²) < 4.78 is 25.3. The molecule has 0 saturated carbocycles. The van der Waals surface area contributed by atoms with Crippen molar-refractivity contribution in [1.82, 2.24) is 19.7 Å². The molecule has 1 aromatic rings. The summed E-state index contributed by atoms with van der Waals surface area (Å²) >= 11 is 0. The van der Waals surface area contributed by atoms with Crippen molar-refractivity contribution in [2.75, 3.05) is 12.3 Å². The Kier molecular flexibility index (Phi) is 7.18. The van der Waals surface area contributed by atoms with Gasteiger partial charge in [0.05, 0.1) is 5.75 Å². The number of carbonyl (C=O) groups is 1. The SMILES string of the molecule is CCCC(C)N(CCC)C(=O)n1cnc(S(=O)(=O)CC(C)C)n1. The van der Waals surface area contributed by atoms with Crippen LogP contribution < -0.4 is 0 Å². The van der Waals surface area contributed by atoms with Crippen molar-refractivity contribution in [3.8, 4) is 0 Å². The van der Waals surface area contributed by atoms with Gasteiger partial charge in [0, 0.05) is 12.6 Å². The van der Waals surface area contributed by atoms with Crippen LogP contribution in [0.4, 0.5) is 4.79 Å². The molecule has 1 rings (SSSR count). The quantitative estimate of drug-likeness (QED) is 0.723. The predicted molar refractivity (Wildman–Crippen MR) is 89.1 cm³/mol. The van der Waals surface area contributed by atoms with Gasteiger partial charge in [0.1, 0.15) is 6.33 Å². The molecule has 0 aliphatic heterocycles. The Hall–Kier alpha value is -1.44. The van der Waals surface area contributed by atoms with Crippen molar-refractivity contribution in [3.63, 3.8) is 0 Å². The Morgan fingerprint density at radius 1 is 1.26 bits per heavy atom. The first kappa shape index (κ1) is 19.6. The minimum Gasteiger partial charge on any atom is -0.320 e. The summed E-state index contributed by atoms with van der Waals surface area (Å²) in [4.78, 5) is 18.2. The second kappa shape index (κ2) is 8.42. The fourth-order valence-corrected chi connectivity index (χ4v) is 3.89. The zero-order valence-corrected chi connectivity index (χ0v) is 15.5. The number of amides is 1. The first-order chi connectivity index (χ1) is 10.7. The van der Waals surface area contributed by atoms with Gasteiger partial charge in [-0.05, 0) is 25.7 Å². The van der Waals surface area contributed by atoms with E-state index in [1.54, 1.807) is 4.90 Å². The van der Waals surface area contributed by atoms with E-state index in [1.807, 2.05) is 27.7 Å². The molecule has 1 atom stereocenters. The van der Waals surface area contributed by atoms with Gasteiger partial charge in [0.2, 0.25) is 9.84 Å². The molecule has 7 nitrogen and oxygen atoms in total. The van der Waals surface area contributed by atoms with Crippen LogP contribution in [-0.2, 0) is 9.84 Å². The molecule has 23 heavy (non-hydrogen) atoms. The van der Waals surface area contributed by atoms with Crippen molar-refractivity contribution in [3.05, 3.63) is 6.33 Å². The van der Waals surface area contributed by atoms with E-state index in [0.29, 0.717) is 6.54 Å². The summed E-state index contributed by atoms with van der Waals surface area (Å²) in [6.07, 6.45) is 3.88. The molecule has 0 spiro atoms. The molecule has 0 fully saturated rings. The molecule has 1 unspecified atom stereocenters. The highest BCUT2D eigenvalue weighted by molar-refractivity contribution is 7.91. The summed E-state index contributed by atoms with van der Waals surface area (Å²) in [6.45, 7) is 10.3. The maximum atomic E-state index is 12.6. The molecule has 0 radical (unpaired) electrons. The molecule has 1 amide bonds. The second-order valence-corrected chi connectivity index (χ2v) is 8.19. The normalized spacial score (nSPS) is 13.3. The number of carbonyl (C=O) groups excluding carboxylic acids is 1. The van der Waals surface area contributed by atoms with Crippen molar-refractivity contribution in [2.24, 2.45) is 5.92 Å². The topological polar surface area (TPSA) is 85.2 Å². The van der Waals surface area contributed by atoms with E-state index in [1.165, 1.54) is 6.33 Å². The summed E-state index contributed by atoms with van der Waals surface area (Å²) in [5, 5.41) is 3.63. The predicted octanol–water partition coefficient (Wildman–Crippen LogP) is 2.58. The smallest absolute Gasteiger partial charge is 0.320 e. The van der Waals surface area contributed by atoms with Crippen LogP contribution in [0.2, 0.25) is 0 Å². The standard InChI is InChI=1S/C15H28N4O3S/c1-6-8-13(5)18(9-7-2)15(20)19-11-16-14(17-19)23(21,22)10-12(3)4/h11-13H,6-10H2,1-5H3. The largest absolute Gasteiger partial charge is 0.346 e. The van der Waals surface area contributed by atoms with Crippen LogP contribution in [0.25, 0.3) is 0 Å². The van der Waals surface area contributed by atoms with Crippen LogP contribution in [0.15, 0.2) is 11.5 Å². The van der Waals surface area contributed by atoms with Gasteiger partial charge in [-0.15, -0.1) is 5.10 Å². The van der Waals surface area contributed by atoms with Crippen LogP contribution in [0.3, 0.4) is 0 Å². The van der Waals surface area contributed by atoms with E-state index in [9.17, 15) is 13.2 Å². The summed E-state index contributed by atoms with van der Waals surface area (Å²) in [7, 11) is -3.55. The monoisotopic (exact) mass is 344 g/mol. The number of hydrogen-bond donors (Lipinski definition) is 0. The zero-order valence-electron chi connectivity index (χ0n) is 14.7. The first-order valence-corrected chi connectivity index (χ1v) is 9.83. The molecule has 1 heterocycles. The van der Waals surface area contributed by atoms with Crippen LogP contribution in [0, 0.1) is 5.92 Å². The lowest BCUT2D eigenvalue weighted by atomic mass is 10.1. The molecule has 0 bridgehead atoms. The van der Waals surface area contributed by atoms with Crippen LogP contribution in [0.1, 0.15) is 53.9 Å². The summed E-state index contributed by atoms with van der Waals surface area (Å²) in [5.41, 5.74) is 0. The highest BCUT2D eigenvalue weighted by Gasteiger charge is 2.25. The first-order valence-electron chi connectivity index (χ1n) is 8.18. The Morgan fingerprint density at radius 3 is 2.43 bits per heavy atom. The Balaban J connectivity index is 3.00. The maximum Gasteiger partial charge on any atom is 0.346 e. The van der Waals surface area contributed by atoms with Gasteiger partial charge in [-0.2, -0.15) is 4.68 Å². The minimum atomic E-state index is -3.55. The molecule has 0 aliphatic carbocycles. The third-order valence-electron chi connectivity index (χ3n) is 3.45. The van der Waals surface area contributed by atoms with Gasteiger partial charge in [0.25, 0.3) is 5.16 Å². The lowest BCUT2D eigenvalue weighted by Crippen LogP contribution is -2.42. The minimum absolute atomic E-state index is 0.0242. The van der Waals surface area contributed by atoms with Crippen LogP contribution >= 0.6 is 0 Å². The Morgan fingerprint density at radius 2 is 1.91 bits per heavy atom. The molecular weight excluding hydrogens is 316 g/mol. The molecule has 132 valence electrons. The number of rotatable bonds is 8. The highest BCUT2D eigenvalue weighted by Crippen LogP contribution is 2.12. The Bertz CT molecular complexity index is 610. The van der Waals surface area contributed by atoms with E-state index < -0.39 is 9.84 Å². The van der Waals surface area contributed by atoms with E-state index in [-0.39, 0.29) is 28.9 Å². The molecule has 0 N–H and O–H groups in total. The lowest BCUT2D eigenvalue weighted by molar-refractivity contribution is 0.173. The van der Waals surface area contributed by atoms with Gasteiger partial charge < -0.3 is 4.90 Å². The second-order valence-electron chi connectivity index (χ2n) is 6.26. The fourth-order valence-electron chi connectivity index (χ4n) is 2.45. The third kappa shape index (κ3) is 5.30. The number of nitrogens with zero attached hydrogens (tertiary/aromatic N) is 4. The molecule has 1 aromatic heterocycles. The number of aromatic nitrogens is 3. The van der Waals surface area contributed by atoms with Gasteiger partial charge in [-0.3, -0.25) is 0 Å². The lowest BCUT2D eigenvalue weighted by Gasteiger charge is -2.28. The zero-order chi connectivity index (χ0) is 17.6. The van der Waals surface area contributed by atoms with Gasteiger partial charge in [0.15, 0.2) is 0 Å². The van der Waals surface area contributed by atoms with E-state index in [0.717, 1.165) is 23.9 Å². The van der Waals surface area contributed by atoms with E-state index in [2.05, 4.69) is 17.0 Å². The number of hydrogen-bond acceptors (Lipinski definition) is 5. The van der Waals surface area contributed by atoms with Crippen molar-refractivity contribution in [2.45, 2.75) is 65.1 Å². The van der Waals surface area contributed by atoms with E-state index in [4.69, 9.17) is 0 Å². The van der Waals surface area contributed by atoms with Gasteiger partial charge in [-0.1, -0.05) is 34.1 Å². The van der Waals surface area contributed by atoms with Crippen molar-refractivity contribution in [1.29, 1.82) is 0 Å². The highest BCUT2D eigenvalue weighted by atomic mass is 32.2. The molecule has 0 aromatic carbocycles. The van der Waals surface area contributed by atoms with E-state index >= 15 is 0 Å². The average molecular weight is 344 g/mol. The number of sulfone groups is 1. The van der Waals surface area contributed by atoms with Crippen LogP contribution in [0.5, 0.6) is 0 Å². The van der Waals surface area contributed by atoms with Crippen molar-refractivity contribution >= 4 is 15.9 Å². The Labute approximate surface area is 139 Å². The van der Waals surface area contributed by atoms with Crippen LogP contribution in [-0.4, -0.2) is 52.5 Å². The summed E-state index contributed by atoms with van der Waals surface area (Å²) in [5.74, 6) is -0.0559. The molecule has 0 saturated heterocycles. The molecule has 0 aliphatic rings. The average Bonchev–Trinajstić information content (AvgIpc) is 2.93. The summed E-state index contributed by atoms with van der Waals surface area (Å²) in [6, 6.07) is -0.251. The van der Waals surface area contributed by atoms with Gasteiger partial charge in [-0.25, -0.2) is 18.2 Å². The third-order valence-corrected chi connectivity index (χ3v) is 5.30. The van der Waals surface area contributed by atoms with Crippen molar-refractivity contribution < 1.29 is 13.2 Å². The molecular formula is C15H28N4O3S.